The van der Waals surface area contributed by atoms with Gasteiger partial charge in [0.2, 0.25) is 0 Å². The fourth-order valence-electron chi connectivity index (χ4n) is 3.34. The number of allylic oxidation sites excluding steroid dienone is 5. The molecule has 0 atom stereocenters. The molecule has 0 saturated heterocycles. The molecule has 1 aliphatic heterocycles. The number of aliphatic imine (C=N–C) groups is 1. The molecule has 0 spiro atoms. The molecule has 7 heteroatoms. The van der Waals surface area contributed by atoms with E-state index < -0.39 is 0 Å². The highest BCUT2D eigenvalue weighted by molar-refractivity contribution is 5.82. The summed E-state index contributed by atoms with van der Waals surface area (Å²) in [6.07, 6.45) is 5.68. The van der Waals surface area contributed by atoms with Crippen LogP contribution in [0.5, 0.6) is 5.75 Å². The van der Waals surface area contributed by atoms with Gasteiger partial charge in [0.1, 0.15) is 29.7 Å². The molecular weight excluding hydrogens is 376 g/mol. The highest BCUT2D eigenvalue weighted by Gasteiger charge is 2.29. The quantitative estimate of drug-likeness (QED) is 0.359. The number of ether oxygens (including phenoxy) is 1. The Balaban J connectivity index is 2.22. The fraction of sp³-hybridized carbons (Fsp3) is 0.217. The van der Waals surface area contributed by atoms with Crippen molar-refractivity contribution in [2.45, 2.75) is 19.3 Å². The van der Waals surface area contributed by atoms with Crippen molar-refractivity contribution in [1.82, 2.24) is 4.90 Å². The molecule has 1 heterocycles. The summed E-state index contributed by atoms with van der Waals surface area (Å²) >= 11 is 0. The van der Waals surface area contributed by atoms with E-state index >= 15 is 0 Å². The largest absolute Gasteiger partial charge is 0.456 e. The van der Waals surface area contributed by atoms with E-state index in [9.17, 15) is 5.26 Å². The third-order valence-corrected chi connectivity index (χ3v) is 4.72. The average molecular weight is 396 g/mol. The molecule has 1 aliphatic carbocycles. The van der Waals surface area contributed by atoms with E-state index in [0.29, 0.717) is 17.9 Å². The number of nitrogens with zero attached hydrogens (tertiary/aromatic N) is 5. The number of benzene rings is 1. The van der Waals surface area contributed by atoms with Gasteiger partial charge in [-0.05, 0) is 43.0 Å². The van der Waals surface area contributed by atoms with Crippen LogP contribution in [-0.4, -0.2) is 25.3 Å². The summed E-state index contributed by atoms with van der Waals surface area (Å²) in [6.45, 7) is 0. The van der Waals surface area contributed by atoms with Crippen LogP contribution in [0.1, 0.15) is 24.8 Å². The third kappa shape index (κ3) is 3.94. The maximum Gasteiger partial charge on any atom is 0.153 e. The Labute approximate surface area is 175 Å². The molecule has 0 fully saturated rings. The molecule has 0 radical (unpaired) electrons. The van der Waals surface area contributed by atoms with Gasteiger partial charge in [0, 0.05) is 25.2 Å². The minimum Gasteiger partial charge on any atom is -0.456 e. The Morgan fingerprint density at radius 3 is 2.53 bits per heavy atom. The van der Waals surface area contributed by atoms with Gasteiger partial charge >= 0.3 is 0 Å². The van der Waals surface area contributed by atoms with Gasteiger partial charge in [-0.15, -0.1) is 0 Å². The molecule has 3 rings (SSSR count). The van der Waals surface area contributed by atoms with Gasteiger partial charge in [-0.1, -0.05) is 12.1 Å². The maximum atomic E-state index is 9.56. The van der Waals surface area contributed by atoms with Crippen molar-refractivity contribution in [3.8, 4) is 24.0 Å². The fourth-order valence-corrected chi connectivity index (χ4v) is 3.34. The molecule has 148 valence electrons. The molecule has 0 amide bonds. The predicted octanol–water partition coefficient (Wildman–Crippen LogP) is 3.53. The molecule has 0 bridgehead atoms. The zero-order valence-electron chi connectivity index (χ0n) is 16.8. The van der Waals surface area contributed by atoms with Crippen LogP contribution in [0.25, 0.3) is 5.70 Å². The summed E-state index contributed by atoms with van der Waals surface area (Å²) in [6, 6.07) is 13.1. The topological polar surface area (TPSA) is 122 Å². The highest BCUT2D eigenvalue weighted by atomic mass is 16.5. The molecule has 1 aromatic rings. The van der Waals surface area contributed by atoms with E-state index in [2.05, 4.69) is 0 Å². The second kappa shape index (κ2) is 8.82. The van der Waals surface area contributed by atoms with Gasteiger partial charge < -0.3 is 15.4 Å². The van der Waals surface area contributed by atoms with Crippen molar-refractivity contribution in [2.75, 3.05) is 14.1 Å². The van der Waals surface area contributed by atoms with Crippen LogP contribution in [0.3, 0.4) is 0 Å². The second-order valence-electron chi connectivity index (χ2n) is 7.02. The van der Waals surface area contributed by atoms with E-state index in [1.165, 1.54) is 0 Å². The average Bonchev–Trinajstić information content (AvgIpc) is 2.75. The minimum absolute atomic E-state index is 0.0673. The van der Waals surface area contributed by atoms with Crippen molar-refractivity contribution in [3.05, 3.63) is 69.7 Å². The third-order valence-electron chi connectivity index (χ3n) is 4.72. The Morgan fingerprint density at radius 2 is 1.87 bits per heavy atom. The molecule has 1 aromatic carbocycles. The first kappa shape index (κ1) is 20.5. The first-order valence-electron chi connectivity index (χ1n) is 9.36. The smallest absolute Gasteiger partial charge is 0.153 e. The first-order valence-corrected chi connectivity index (χ1v) is 9.36. The lowest BCUT2D eigenvalue weighted by Gasteiger charge is -2.29. The molecule has 7 nitrogen and oxygen atoms in total. The number of nitriles is 3. The van der Waals surface area contributed by atoms with Crippen LogP contribution in [0.2, 0.25) is 0 Å². The van der Waals surface area contributed by atoms with Gasteiger partial charge in [0.05, 0.1) is 23.3 Å². The SMILES string of the molecule is CN(C)C=NC1=C2CCCC(/C=C(\C#N)C(N)=C(C#N)C#N)=C2Oc2ccccc21. The number of hydrogen-bond donors (Lipinski definition) is 1. The number of para-hydroxylation sites is 1. The highest BCUT2D eigenvalue weighted by Crippen LogP contribution is 2.44. The van der Waals surface area contributed by atoms with Gasteiger partial charge in [0.15, 0.2) is 5.57 Å². The van der Waals surface area contributed by atoms with Crippen LogP contribution in [0.4, 0.5) is 0 Å². The van der Waals surface area contributed by atoms with Gasteiger partial charge in [-0.2, -0.15) is 15.8 Å². The van der Waals surface area contributed by atoms with E-state index in [4.69, 9.17) is 26.0 Å². The Bertz CT molecular complexity index is 1140. The van der Waals surface area contributed by atoms with Crippen LogP contribution < -0.4 is 10.5 Å². The van der Waals surface area contributed by atoms with Crippen molar-refractivity contribution in [3.63, 3.8) is 0 Å². The number of hydrogen-bond acceptors (Lipinski definition) is 6. The Hall–Kier alpha value is -4.28. The van der Waals surface area contributed by atoms with Crippen molar-refractivity contribution in [1.29, 1.82) is 15.8 Å². The summed E-state index contributed by atoms with van der Waals surface area (Å²) in [4.78, 5) is 6.56. The lowest BCUT2D eigenvalue weighted by molar-refractivity contribution is 0.408. The lowest BCUT2D eigenvalue weighted by atomic mass is 9.87. The zero-order chi connectivity index (χ0) is 21.7. The van der Waals surface area contributed by atoms with Crippen LogP contribution in [-0.2, 0) is 0 Å². The molecule has 2 N–H and O–H groups in total. The van der Waals surface area contributed by atoms with E-state index in [1.54, 1.807) is 24.6 Å². The molecule has 30 heavy (non-hydrogen) atoms. The predicted molar refractivity (Wildman–Crippen MR) is 113 cm³/mol. The molecular formula is C23H20N6O. The standard InChI is InChI=1S/C23H20N6O/c1-29(2)14-28-22-18-7-3-4-9-20(18)30-23-15(6-5-8-19(22)23)10-16(11-24)21(27)17(12-25)13-26/h3-4,7,9-10,14H,5-6,8,27H2,1-2H3/b16-10+,28-14?. The molecule has 2 aliphatic rings. The summed E-state index contributed by atoms with van der Waals surface area (Å²) < 4.78 is 6.22. The summed E-state index contributed by atoms with van der Waals surface area (Å²) in [7, 11) is 3.81. The van der Waals surface area contributed by atoms with Crippen molar-refractivity contribution < 1.29 is 4.74 Å². The maximum absolute atomic E-state index is 9.56. The van der Waals surface area contributed by atoms with Crippen LogP contribution in [0, 0.1) is 34.0 Å². The lowest BCUT2D eigenvalue weighted by Crippen LogP contribution is -2.16. The Morgan fingerprint density at radius 1 is 1.13 bits per heavy atom. The van der Waals surface area contributed by atoms with E-state index in [1.807, 2.05) is 49.3 Å². The van der Waals surface area contributed by atoms with Gasteiger partial charge in [-0.3, -0.25) is 0 Å². The molecule has 0 saturated carbocycles. The number of nitrogens with two attached hydrogens (primary N) is 1. The van der Waals surface area contributed by atoms with Crippen LogP contribution >= 0.6 is 0 Å². The van der Waals surface area contributed by atoms with E-state index in [0.717, 1.165) is 35.2 Å². The zero-order valence-corrected chi connectivity index (χ0v) is 16.8. The van der Waals surface area contributed by atoms with Crippen molar-refractivity contribution >= 4 is 12.0 Å². The van der Waals surface area contributed by atoms with Crippen LogP contribution in [0.15, 0.2) is 69.1 Å². The number of fused-ring (bicyclic) bond motifs is 2. The van der Waals surface area contributed by atoms with Crippen molar-refractivity contribution in [2.24, 2.45) is 10.7 Å². The molecule has 0 unspecified atom stereocenters. The van der Waals surface area contributed by atoms with Gasteiger partial charge in [0.25, 0.3) is 0 Å². The monoisotopic (exact) mass is 396 g/mol. The van der Waals surface area contributed by atoms with Gasteiger partial charge in [-0.25, -0.2) is 4.99 Å². The van der Waals surface area contributed by atoms with E-state index in [-0.39, 0.29) is 16.8 Å². The number of rotatable bonds is 4. The second-order valence-corrected chi connectivity index (χ2v) is 7.02. The Kier molecular flexibility index (Phi) is 6.01. The minimum atomic E-state index is -0.286. The summed E-state index contributed by atoms with van der Waals surface area (Å²) in [5.41, 5.74) is 9.06. The normalized spacial score (nSPS) is 15.4. The molecule has 0 aromatic heterocycles. The summed E-state index contributed by atoms with van der Waals surface area (Å²) in [5, 5.41) is 27.7. The summed E-state index contributed by atoms with van der Waals surface area (Å²) in [5.74, 6) is 1.34. The first-order chi connectivity index (χ1) is 14.5.